The number of benzene rings is 1. The van der Waals surface area contributed by atoms with Gasteiger partial charge in [0, 0.05) is 23.3 Å². The summed E-state index contributed by atoms with van der Waals surface area (Å²) in [6, 6.07) is 8.27. The lowest BCUT2D eigenvalue weighted by Gasteiger charge is -2.64. The molecule has 3 aliphatic heterocycles. The summed E-state index contributed by atoms with van der Waals surface area (Å²) >= 11 is 0. The first kappa shape index (κ1) is 27.8. The number of nitrogens with zero attached hydrogens (tertiary/aromatic N) is 1. The fourth-order valence-corrected chi connectivity index (χ4v) is 6.04. The van der Waals surface area contributed by atoms with Crippen molar-refractivity contribution in [2.75, 3.05) is 26.4 Å². The van der Waals surface area contributed by atoms with E-state index in [1.165, 1.54) is 0 Å². The molecule has 0 aliphatic carbocycles. The van der Waals surface area contributed by atoms with E-state index in [2.05, 4.69) is 72.6 Å². The Hall–Kier alpha value is -1.18. The van der Waals surface area contributed by atoms with Crippen LogP contribution in [0.3, 0.4) is 0 Å². The summed E-state index contributed by atoms with van der Waals surface area (Å²) in [6.07, 6.45) is 4.99. The van der Waals surface area contributed by atoms with Crippen molar-refractivity contribution in [1.29, 1.82) is 0 Å². The van der Waals surface area contributed by atoms with Gasteiger partial charge in [0.15, 0.2) is 5.79 Å². The third kappa shape index (κ3) is 5.09. The Kier molecular flexibility index (Phi) is 8.14. The predicted octanol–water partition coefficient (Wildman–Crippen LogP) is 6.69. The quantitative estimate of drug-likeness (QED) is 0.332. The van der Waals surface area contributed by atoms with Crippen LogP contribution in [-0.2, 0) is 19.0 Å². The molecule has 0 amide bonds. The molecule has 0 aromatic heterocycles. The molecular formula is C30H49NO5. The van der Waals surface area contributed by atoms with Crippen LogP contribution in [0, 0.1) is 11.3 Å². The van der Waals surface area contributed by atoms with E-state index in [4.69, 9.17) is 23.8 Å². The Labute approximate surface area is 218 Å². The van der Waals surface area contributed by atoms with Crippen LogP contribution >= 0.6 is 0 Å². The summed E-state index contributed by atoms with van der Waals surface area (Å²) in [5.41, 5.74) is 0.788. The van der Waals surface area contributed by atoms with Crippen molar-refractivity contribution in [1.82, 2.24) is 5.06 Å². The standard InChI is InChI=1S/C30H49NO5/c1-9-27(7)19-30(34-20-29(11-3,12-4)21-35-30)23(6)28(8,10-2)31(27)36-22(5)24-13-15-25(16-14-24)32-17-26-18-33-26/h13-16,22-23,26H,9-12,17-21H2,1-8H3. The second-order valence-electron chi connectivity index (χ2n) is 11.9. The van der Waals surface area contributed by atoms with E-state index in [0.717, 1.165) is 63.2 Å². The van der Waals surface area contributed by atoms with Gasteiger partial charge in [0.25, 0.3) is 0 Å². The van der Waals surface area contributed by atoms with E-state index in [9.17, 15) is 0 Å². The van der Waals surface area contributed by atoms with E-state index in [1.54, 1.807) is 0 Å². The fourth-order valence-electron chi connectivity index (χ4n) is 6.04. The second-order valence-corrected chi connectivity index (χ2v) is 11.9. The van der Waals surface area contributed by atoms with Crippen molar-refractivity contribution in [3.63, 3.8) is 0 Å². The third-order valence-corrected chi connectivity index (χ3v) is 9.85. The van der Waals surface area contributed by atoms with Crippen LogP contribution in [0.25, 0.3) is 0 Å². The molecule has 6 nitrogen and oxygen atoms in total. The zero-order valence-corrected chi connectivity index (χ0v) is 23.9. The minimum absolute atomic E-state index is 0.0927. The minimum Gasteiger partial charge on any atom is -0.491 e. The van der Waals surface area contributed by atoms with Crippen LogP contribution in [0.2, 0.25) is 0 Å². The number of piperidine rings is 1. The predicted molar refractivity (Wildman–Crippen MR) is 142 cm³/mol. The van der Waals surface area contributed by atoms with Crippen LogP contribution < -0.4 is 4.74 Å². The molecule has 1 spiro atoms. The van der Waals surface area contributed by atoms with Gasteiger partial charge >= 0.3 is 0 Å². The van der Waals surface area contributed by atoms with Gasteiger partial charge in [0.2, 0.25) is 0 Å². The molecule has 5 atom stereocenters. The molecule has 3 saturated heterocycles. The molecule has 0 radical (unpaired) electrons. The van der Waals surface area contributed by atoms with Crippen molar-refractivity contribution in [2.24, 2.45) is 11.3 Å². The van der Waals surface area contributed by atoms with Crippen molar-refractivity contribution in [3.8, 4) is 5.75 Å². The number of hydroxylamine groups is 2. The first-order chi connectivity index (χ1) is 17.1. The minimum atomic E-state index is -0.587. The molecule has 1 aromatic carbocycles. The summed E-state index contributed by atoms with van der Waals surface area (Å²) in [5.74, 6) is 0.430. The van der Waals surface area contributed by atoms with Crippen molar-refractivity contribution >= 4 is 0 Å². The van der Waals surface area contributed by atoms with Crippen molar-refractivity contribution in [2.45, 2.75) is 117 Å². The smallest absolute Gasteiger partial charge is 0.174 e. The van der Waals surface area contributed by atoms with Gasteiger partial charge in [-0.1, -0.05) is 46.8 Å². The van der Waals surface area contributed by atoms with E-state index in [0.29, 0.717) is 6.61 Å². The van der Waals surface area contributed by atoms with Crippen molar-refractivity contribution in [3.05, 3.63) is 29.8 Å². The molecule has 0 bridgehead atoms. The monoisotopic (exact) mass is 503 g/mol. The molecule has 5 unspecified atom stereocenters. The van der Waals surface area contributed by atoms with Crippen LogP contribution in [0.1, 0.15) is 99.2 Å². The Bertz CT molecular complexity index is 857. The highest BCUT2D eigenvalue weighted by atomic mass is 16.7. The van der Waals surface area contributed by atoms with E-state index in [1.807, 2.05) is 12.1 Å². The molecular weight excluding hydrogens is 454 g/mol. The van der Waals surface area contributed by atoms with E-state index >= 15 is 0 Å². The molecule has 4 rings (SSSR count). The number of hydrogen-bond donors (Lipinski definition) is 0. The molecule has 3 fully saturated rings. The lowest BCUT2D eigenvalue weighted by Crippen LogP contribution is -2.73. The lowest BCUT2D eigenvalue weighted by molar-refractivity contribution is -0.416. The Morgan fingerprint density at radius 2 is 1.58 bits per heavy atom. The average molecular weight is 504 g/mol. The largest absolute Gasteiger partial charge is 0.491 e. The van der Waals surface area contributed by atoms with E-state index in [-0.39, 0.29) is 34.6 Å². The number of rotatable bonds is 10. The Morgan fingerprint density at radius 3 is 2.08 bits per heavy atom. The second kappa shape index (κ2) is 10.5. The number of hydrogen-bond acceptors (Lipinski definition) is 6. The van der Waals surface area contributed by atoms with Crippen LogP contribution in [0.5, 0.6) is 5.75 Å². The highest BCUT2D eigenvalue weighted by Crippen LogP contribution is 2.55. The topological polar surface area (TPSA) is 52.7 Å². The van der Waals surface area contributed by atoms with Gasteiger partial charge in [-0.15, -0.1) is 0 Å². The van der Waals surface area contributed by atoms with Gasteiger partial charge in [-0.3, -0.25) is 4.84 Å². The third-order valence-electron chi connectivity index (χ3n) is 9.85. The zero-order valence-electron chi connectivity index (χ0n) is 23.9. The van der Waals surface area contributed by atoms with Crippen LogP contribution in [0.4, 0.5) is 0 Å². The fraction of sp³-hybridized carbons (Fsp3) is 0.800. The molecule has 6 heteroatoms. The summed E-state index contributed by atoms with van der Waals surface area (Å²) in [4.78, 5) is 6.89. The summed E-state index contributed by atoms with van der Waals surface area (Å²) in [7, 11) is 0. The highest BCUT2D eigenvalue weighted by Gasteiger charge is 2.63. The van der Waals surface area contributed by atoms with E-state index < -0.39 is 5.79 Å². The zero-order chi connectivity index (χ0) is 26.2. The van der Waals surface area contributed by atoms with Gasteiger partial charge < -0.3 is 18.9 Å². The molecule has 204 valence electrons. The first-order valence-electron chi connectivity index (χ1n) is 14.2. The normalized spacial score (nSPS) is 34.4. The maximum absolute atomic E-state index is 6.89. The van der Waals surface area contributed by atoms with Gasteiger partial charge in [-0.05, 0) is 64.2 Å². The molecule has 3 heterocycles. The van der Waals surface area contributed by atoms with Crippen LogP contribution in [-0.4, -0.2) is 54.5 Å². The van der Waals surface area contributed by atoms with Gasteiger partial charge in [0.05, 0.1) is 25.4 Å². The number of epoxide rings is 1. The Balaban J connectivity index is 1.53. The summed E-state index contributed by atoms with van der Waals surface area (Å²) < 4.78 is 24.6. The van der Waals surface area contributed by atoms with Crippen molar-refractivity contribution < 1.29 is 23.8 Å². The lowest BCUT2D eigenvalue weighted by atomic mass is 9.66. The maximum atomic E-state index is 6.89. The molecule has 0 saturated carbocycles. The first-order valence-corrected chi connectivity index (χ1v) is 14.2. The SMILES string of the molecule is CCC1(CC)COC2(CC(C)(CC)N(OC(C)c3ccc(OCC4CO4)cc3)C(C)(CC)C2C)OC1. The molecule has 0 N–H and O–H groups in total. The summed E-state index contributed by atoms with van der Waals surface area (Å²) in [5, 5.41) is 2.31. The maximum Gasteiger partial charge on any atom is 0.174 e. The van der Waals surface area contributed by atoms with Crippen LogP contribution in [0.15, 0.2) is 24.3 Å². The highest BCUT2D eigenvalue weighted by molar-refractivity contribution is 5.28. The average Bonchev–Trinajstić information content (AvgIpc) is 3.74. The van der Waals surface area contributed by atoms with Gasteiger partial charge in [-0.2, -0.15) is 5.06 Å². The number of ether oxygens (including phenoxy) is 4. The summed E-state index contributed by atoms with van der Waals surface area (Å²) in [6.45, 7) is 21.0. The Morgan fingerprint density at radius 1 is 0.972 bits per heavy atom. The van der Waals surface area contributed by atoms with Gasteiger partial charge in [-0.25, -0.2) is 0 Å². The van der Waals surface area contributed by atoms with Gasteiger partial charge in [0.1, 0.15) is 24.6 Å². The molecule has 36 heavy (non-hydrogen) atoms. The molecule has 3 aliphatic rings. The molecule has 1 aromatic rings.